The van der Waals surface area contributed by atoms with Crippen molar-refractivity contribution in [1.29, 1.82) is 0 Å². The average Bonchev–Trinajstić information content (AvgIpc) is 2.85. The minimum atomic E-state index is 0.0393. The van der Waals surface area contributed by atoms with Crippen LogP contribution < -0.4 is 5.56 Å². The number of nitrogens with zero attached hydrogens (tertiary/aromatic N) is 2. The number of aryl methyl sites for hydroxylation is 1. The van der Waals surface area contributed by atoms with Gasteiger partial charge in [0.05, 0.1) is 12.0 Å². The van der Waals surface area contributed by atoms with Crippen LogP contribution in [0.15, 0.2) is 22.6 Å². The quantitative estimate of drug-likeness (QED) is 0.518. The molecule has 0 radical (unpaired) electrons. The van der Waals surface area contributed by atoms with Crippen molar-refractivity contribution in [1.82, 2.24) is 9.55 Å². The molecule has 4 nitrogen and oxygen atoms in total. The molecule has 0 unspecified atom stereocenters. The van der Waals surface area contributed by atoms with Gasteiger partial charge in [0.1, 0.15) is 4.83 Å². The molecule has 118 valence electrons. The lowest BCUT2D eigenvalue weighted by molar-refractivity contribution is 0.322. The molecule has 22 heavy (non-hydrogen) atoms. The molecule has 0 saturated heterocycles. The van der Waals surface area contributed by atoms with Crippen molar-refractivity contribution in [3.8, 4) is 0 Å². The van der Waals surface area contributed by atoms with Gasteiger partial charge in [-0.25, -0.2) is 4.98 Å². The van der Waals surface area contributed by atoms with Gasteiger partial charge in [0.15, 0.2) is 5.16 Å². The van der Waals surface area contributed by atoms with E-state index >= 15 is 0 Å². The van der Waals surface area contributed by atoms with Gasteiger partial charge < -0.3 is 5.11 Å². The van der Waals surface area contributed by atoms with E-state index in [1.54, 1.807) is 22.0 Å². The number of aliphatic hydroxyl groups excluding tert-OH is 1. The van der Waals surface area contributed by atoms with Crippen LogP contribution in [0.4, 0.5) is 0 Å². The number of thiophene rings is 1. The second-order valence-corrected chi connectivity index (χ2v) is 7.85. The first-order valence-corrected chi connectivity index (χ1v) is 9.35. The van der Waals surface area contributed by atoms with Gasteiger partial charge in [-0.3, -0.25) is 9.36 Å². The van der Waals surface area contributed by atoms with Gasteiger partial charge in [0, 0.05) is 17.2 Å². The van der Waals surface area contributed by atoms with Crippen molar-refractivity contribution in [2.45, 2.75) is 37.9 Å². The van der Waals surface area contributed by atoms with Crippen molar-refractivity contribution in [2.24, 2.45) is 5.92 Å². The summed E-state index contributed by atoms with van der Waals surface area (Å²) in [5.41, 5.74) is 1.25. The highest BCUT2D eigenvalue weighted by atomic mass is 32.2. The Labute approximate surface area is 137 Å². The highest BCUT2D eigenvalue weighted by Gasteiger charge is 2.24. The van der Waals surface area contributed by atoms with E-state index in [2.05, 4.69) is 13.5 Å². The fraction of sp³-hybridized carbons (Fsp3) is 0.500. The third kappa shape index (κ3) is 2.75. The van der Waals surface area contributed by atoms with Gasteiger partial charge in [0.2, 0.25) is 0 Å². The predicted octanol–water partition coefficient (Wildman–Crippen LogP) is 2.85. The summed E-state index contributed by atoms with van der Waals surface area (Å²) in [7, 11) is 0. The Balaban J connectivity index is 2.19. The summed E-state index contributed by atoms with van der Waals surface area (Å²) in [6.07, 6.45) is 4.89. The number of aliphatic hydroxyl groups is 1. The molecule has 1 atom stereocenters. The molecule has 2 aromatic rings. The van der Waals surface area contributed by atoms with E-state index in [0.29, 0.717) is 23.4 Å². The first-order chi connectivity index (χ1) is 10.7. The van der Waals surface area contributed by atoms with Crippen LogP contribution in [-0.4, -0.2) is 27.0 Å². The van der Waals surface area contributed by atoms with Crippen LogP contribution in [0, 0.1) is 5.92 Å². The molecule has 0 aliphatic heterocycles. The molecule has 0 fully saturated rings. The van der Waals surface area contributed by atoms with Crippen molar-refractivity contribution in [2.75, 3.05) is 12.4 Å². The molecule has 2 aromatic heterocycles. The zero-order valence-electron chi connectivity index (χ0n) is 12.7. The monoisotopic (exact) mass is 336 g/mol. The number of allylic oxidation sites excluding steroid dienone is 1. The molecule has 1 aliphatic rings. The number of fused-ring (bicyclic) bond motifs is 3. The van der Waals surface area contributed by atoms with E-state index in [1.165, 1.54) is 22.2 Å². The lowest BCUT2D eigenvalue weighted by atomic mass is 9.89. The number of rotatable bonds is 5. The SMILES string of the molecule is C=CCn1c(SCCO)nc2sc3c(c2c1=O)CC[C@@H](C)C3. The number of thioether (sulfide) groups is 1. The highest BCUT2D eigenvalue weighted by Crippen LogP contribution is 2.36. The molecule has 0 aromatic carbocycles. The summed E-state index contributed by atoms with van der Waals surface area (Å²) in [6.45, 7) is 6.53. The third-order valence-electron chi connectivity index (χ3n) is 4.01. The molecule has 1 N–H and O–H groups in total. The summed E-state index contributed by atoms with van der Waals surface area (Å²) in [4.78, 5) is 19.8. The zero-order valence-corrected chi connectivity index (χ0v) is 14.3. The van der Waals surface area contributed by atoms with Gasteiger partial charge in [-0.05, 0) is 30.7 Å². The Bertz CT molecular complexity index is 764. The van der Waals surface area contributed by atoms with Crippen LogP contribution in [0.2, 0.25) is 0 Å². The van der Waals surface area contributed by atoms with Crippen LogP contribution in [0.25, 0.3) is 10.2 Å². The van der Waals surface area contributed by atoms with Crippen LogP contribution in [0.1, 0.15) is 23.8 Å². The second-order valence-electron chi connectivity index (χ2n) is 5.70. The van der Waals surface area contributed by atoms with Crippen molar-refractivity contribution in [3.05, 3.63) is 33.4 Å². The summed E-state index contributed by atoms with van der Waals surface area (Å²) in [5.74, 6) is 1.22. The summed E-state index contributed by atoms with van der Waals surface area (Å²) in [5, 5.41) is 10.5. The van der Waals surface area contributed by atoms with Gasteiger partial charge in [-0.1, -0.05) is 24.8 Å². The lowest BCUT2D eigenvalue weighted by Crippen LogP contribution is -2.23. The van der Waals surface area contributed by atoms with E-state index in [4.69, 9.17) is 10.1 Å². The largest absolute Gasteiger partial charge is 0.396 e. The Hall–Kier alpha value is -1.11. The number of hydrogen-bond acceptors (Lipinski definition) is 5. The van der Waals surface area contributed by atoms with Gasteiger partial charge in [0.25, 0.3) is 5.56 Å². The molecule has 0 amide bonds. The van der Waals surface area contributed by atoms with Gasteiger partial charge >= 0.3 is 0 Å². The number of aromatic nitrogens is 2. The summed E-state index contributed by atoms with van der Waals surface area (Å²) >= 11 is 3.09. The molecular weight excluding hydrogens is 316 g/mol. The van der Waals surface area contributed by atoms with E-state index in [1.807, 2.05) is 0 Å². The summed E-state index contributed by atoms with van der Waals surface area (Å²) in [6, 6.07) is 0. The Morgan fingerprint density at radius 2 is 2.41 bits per heavy atom. The fourth-order valence-electron chi connectivity index (χ4n) is 2.94. The smallest absolute Gasteiger partial charge is 0.263 e. The highest BCUT2D eigenvalue weighted by molar-refractivity contribution is 7.99. The van der Waals surface area contributed by atoms with E-state index < -0.39 is 0 Å². The zero-order chi connectivity index (χ0) is 15.7. The minimum absolute atomic E-state index is 0.0393. The minimum Gasteiger partial charge on any atom is -0.396 e. The van der Waals surface area contributed by atoms with E-state index in [-0.39, 0.29) is 12.2 Å². The molecule has 0 bridgehead atoms. The topological polar surface area (TPSA) is 55.1 Å². The predicted molar refractivity (Wildman–Crippen MR) is 93.1 cm³/mol. The maximum absolute atomic E-state index is 12.9. The van der Waals surface area contributed by atoms with Crippen LogP contribution in [0.5, 0.6) is 0 Å². The van der Waals surface area contributed by atoms with E-state index in [9.17, 15) is 4.79 Å². The third-order valence-corrected chi connectivity index (χ3v) is 6.12. The molecule has 2 heterocycles. The first-order valence-electron chi connectivity index (χ1n) is 7.55. The first kappa shape index (κ1) is 15.8. The maximum Gasteiger partial charge on any atom is 0.263 e. The Morgan fingerprint density at radius 1 is 1.59 bits per heavy atom. The van der Waals surface area contributed by atoms with Crippen molar-refractivity contribution in [3.63, 3.8) is 0 Å². The van der Waals surface area contributed by atoms with E-state index in [0.717, 1.165) is 29.5 Å². The van der Waals surface area contributed by atoms with Crippen LogP contribution in [-0.2, 0) is 19.4 Å². The maximum atomic E-state index is 12.9. The molecule has 3 rings (SSSR count). The molecule has 0 saturated carbocycles. The normalized spacial score (nSPS) is 17.6. The second kappa shape index (κ2) is 6.56. The summed E-state index contributed by atoms with van der Waals surface area (Å²) < 4.78 is 1.68. The molecule has 6 heteroatoms. The lowest BCUT2D eigenvalue weighted by Gasteiger charge is -2.17. The number of hydrogen-bond donors (Lipinski definition) is 1. The van der Waals surface area contributed by atoms with Gasteiger partial charge in [-0.2, -0.15) is 0 Å². The Morgan fingerprint density at radius 3 is 3.14 bits per heavy atom. The van der Waals surface area contributed by atoms with Crippen molar-refractivity contribution < 1.29 is 5.11 Å². The standard InChI is InChI=1S/C16H20N2O2S2/c1-3-6-18-15(20)13-11-5-4-10(2)9-12(11)22-14(13)17-16(18)21-8-7-19/h3,10,19H,1,4-9H2,2H3/t10-/m1/s1. The average molecular weight is 336 g/mol. The van der Waals surface area contributed by atoms with Crippen molar-refractivity contribution >= 4 is 33.3 Å². The fourth-order valence-corrected chi connectivity index (χ4v) is 5.12. The molecule has 1 aliphatic carbocycles. The van der Waals surface area contributed by atoms with Crippen LogP contribution in [0.3, 0.4) is 0 Å². The van der Waals surface area contributed by atoms with Gasteiger partial charge in [-0.15, -0.1) is 17.9 Å². The molecule has 0 spiro atoms. The Kier molecular flexibility index (Phi) is 4.70. The molecular formula is C16H20N2O2S2. The van der Waals surface area contributed by atoms with Crippen LogP contribution >= 0.6 is 23.1 Å².